The van der Waals surface area contributed by atoms with Crippen LogP contribution in [0.1, 0.15) is 11.3 Å². The first-order valence-corrected chi connectivity index (χ1v) is 8.99. The lowest BCUT2D eigenvalue weighted by Gasteiger charge is -2.05. The molecule has 0 amide bonds. The van der Waals surface area contributed by atoms with E-state index in [0.29, 0.717) is 16.1 Å². The molecule has 2 aromatic carbocycles. The van der Waals surface area contributed by atoms with Gasteiger partial charge in [0.15, 0.2) is 4.67 Å². The van der Waals surface area contributed by atoms with Crippen LogP contribution in [0.2, 0.25) is 0 Å². The van der Waals surface area contributed by atoms with E-state index in [-0.39, 0.29) is 11.4 Å². The summed E-state index contributed by atoms with van der Waals surface area (Å²) in [6.07, 6.45) is 3.38. The van der Waals surface area contributed by atoms with E-state index in [2.05, 4.69) is 26.5 Å². The van der Waals surface area contributed by atoms with Crippen LogP contribution in [-0.2, 0) is 0 Å². The van der Waals surface area contributed by atoms with Crippen LogP contribution < -0.4 is 5.43 Å². The van der Waals surface area contributed by atoms with E-state index >= 15 is 0 Å². The summed E-state index contributed by atoms with van der Waals surface area (Å²) < 4.78 is 6.00. The average Bonchev–Trinajstić information content (AvgIpc) is 3.13. The van der Waals surface area contributed by atoms with E-state index in [1.54, 1.807) is 24.3 Å². The van der Waals surface area contributed by atoms with Crippen LogP contribution in [0.15, 0.2) is 80.9 Å². The van der Waals surface area contributed by atoms with Gasteiger partial charge in [-0.05, 0) is 46.3 Å². The number of nitrogens with one attached hydrogen (secondary N) is 1. The normalized spacial score (nSPS) is 11.6. The summed E-state index contributed by atoms with van der Waals surface area (Å²) in [6, 6.07) is 16.0. The van der Waals surface area contributed by atoms with Crippen LogP contribution in [0.5, 0.6) is 0 Å². The molecule has 9 nitrogen and oxygen atoms in total. The molecular weight excluding hydrogens is 444 g/mol. The van der Waals surface area contributed by atoms with Crippen LogP contribution >= 0.6 is 15.9 Å². The van der Waals surface area contributed by atoms with Crippen molar-refractivity contribution < 1.29 is 14.3 Å². The second-order valence-corrected chi connectivity index (χ2v) is 6.45. The number of nitro groups is 2. The first-order chi connectivity index (χ1) is 13.9. The van der Waals surface area contributed by atoms with Gasteiger partial charge in [0.25, 0.3) is 5.69 Å². The quantitative estimate of drug-likeness (QED) is 0.288. The molecule has 3 rings (SSSR count). The van der Waals surface area contributed by atoms with Gasteiger partial charge >= 0.3 is 5.69 Å². The number of hydrazone groups is 1. The van der Waals surface area contributed by atoms with Gasteiger partial charge in [0.05, 0.1) is 21.6 Å². The number of nitrogens with zero attached hydrogens (tertiary/aromatic N) is 3. The minimum absolute atomic E-state index is 0.0307. The Kier molecular flexibility index (Phi) is 6.15. The zero-order chi connectivity index (χ0) is 20.8. The standard InChI is InChI=1S/C19H13BrN4O5/c20-19-11-8-15(29-19)7-10-16(13-4-2-1-3-5-13)21-22-17-9-6-14(23(25)26)12-18(17)24(27)28/h1-12,22H/b10-7+,21-16?. The Hall–Kier alpha value is -3.79. The van der Waals surface area contributed by atoms with Gasteiger partial charge in [-0.15, -0.1) is 0 Å². The van der Waals surface area contributed by atoms with Crippen molar-refractivity contribution in [3.63, 3.8) is 0 Å². The molecule has 0 radical (unpaired) electrons. The Balaban J connectivity index is 1.95. The molecule has 0 unspecified atom stereocenters. The third-order valence-electron chi connectivity index (χ3n) is 3.75. The molecule has 0 fully saturated rings. The fourth-order valence-electron chi connectivity index (χ4n) is 2.39. The van der Waals surface area contributed by atoms with E-state index in [4.69, 9.17) is 4.42 Å². The molecule has 29 heavy (non-hydrogen) atoms. The molecule has 0 aliphatic heterocycles. The highest BCUT2D eigenvalue weighted by Gasteiger charge is 2.19. The van der Waals surface area contributed by atoms with Crippen LogP contribution in [0, 0.1) is 20.2 Å². The highest BCUT2D eigenvalue weighted by Crippen LogP contribution is 2.29. The van der Waals surface area contributed by atoms with Gasteiger partial charge in [0.2, 0.25) is 0 Å². The van der Waals surface area contributed by atoms with Gasteiger partial charge in [-0.2, -0.15) is 5.10 Å². The van der Waals surface area contributed by atoms with Gasteiger partial charge in [0.1, 0.15) is 11.4 Å². The zero-order valence-corrected chi connectivity index (χ0v) is 16.3. The van der Waals surface area contributed by atoms with E-state index in [0.717, 1.165) is 11.6 Å². The largest absolute Gasteiger partial charge is 0.450 e. The van der Waals surface area contributed by atoms with Gasteiger partial charge in [-0.1, -0.05) is 30.3 Å². The molecule has 0 saturated carbocycles. The summed E-state index contributed by atoms with van der Waals surface area (Å²) in [5, 5.41) is 26.4. The van der Waals surface area contributed by atoms with Crippen LogP contribution in [0.3, 0.4) is 0 Å². The lowest BCUT2D eigenvalue weighted by atomic mass is 10.1. The molecule has 0 saturated heterocycles. The highest BCUT2D eigenvalue weighted by molar-refractivity contribution is 9.10. The topological polar surface area (TPSA) is 124 Å². The number of rotatable bonds is 7. The molecule has 10 heteroatoms. The van der Waals surface area contributed by atoms with Crippen molar-refractivity contribution in [1.29, 1.82) is 0 Å². The zero-order valence-electron chi connectivity index (χ0n) is 14.7. The maximum absolute atomic E-state index is 11.3. The molecule has 0 spiro atoms. The van der Waals surface area contributed by atoms with Crippen LogP contribution in [0.4, 0.5) is 17.1 Å². The molecular formula is C19H13BrN4O5. The molecule has 0 aliphatic carbocycles. The fraction of sp³-hybridized carbons (Fsp3) is 0. The fourth-order valence-corrected chi connectivity index (χ4v) is 2.70. The van der Waals surface area contributed by atoms with Crippen molar-refractivity contribution >= 4 is 44.8 Å². The van der Waals surface area contributed by atoms with Crippen molar-refractivity contribution in [3.8, 4) is 0 Å². The Labute approximate surface area is 172 Å². The molecule has 0 atom stereocenters. The number of hydrogen-bond acceptors (Lipinski definition) is 7. The molecule has 0 aliphatic rings. The summed E-state index contributed by atoms with van der Waals surface area (Å²) >= 11 is 3.23. The number of anilines is 1. The third kappa shape index (κ3) is 5.14. The second-order valence-electron chi connectivity index (χ2n) is 5.67. The number of nitro benzene ring substituents is 2. The lowest BCUT2D eigenvalue weighted by molar-refractivity contribution is -0.393. The van der Waals surface area contributed by atoms with E-state index in [9.17, 15) is 20.2 Å². The molecule has 1 aromatic heterocycles. The van der Waals surface area contributed by atoms with E-state index in [1.165, 1.54) is 12.1 Å². The lowest BCUT2D eigenvalue weighted by Crippen LogP contribution is -2.03. The first-order valence-electron chi connectivity index (χ1n) is 8.19. The predicted molar refractivity (Wildman–Crippen MR) is 112 cm³/mol. The van der Waals surface area contributed by atoms with Gasteiger partial charge in [-0.25, -0.2) is 0 Å². The van der Waals surface area contributed by atoms with E-state index in [1.807, 2.05) is 30.3 Å². The number of non-ortho nitro benzene ring substituents is 1. The Morgan fingerprint density at radius 2 is 1.79 bits per heavy atom. The van der Waals surface area contributed by atoms with Crippen molar-refractivity contribution in [2.45, 2.75) is 0 Å². The number of benzene rings is 2. The molecule has 1 heterocycles. The van der Waals surface area contributed by atoms with Gasteiger partial charge < -0.3 is 4.42 Å². The minimum Gasteiger partial charge on any atom is -0.450 e. The number of furan rings is 1. The maximum Gasteiger partial charge on any atom is 0.301 e. The maximum atomic E-state index is 11.3. The van der Waals surface area contributed by atoms with Crippen molar-refractivity contribution in [1.82, 2.24) is 0 Å². The molecule has 0 bridgehead atoms. The SMILES string of the molecule is O=[N+]([O-])c1ccc(NN=C(/C=C/c2ccc(Br)o2)c2ccccc2)c([N+](=O)[O-])c1. The molecule has 1 N–H and O–H groups in total. The summed E-state index contributed by atoms with van der Waals surface area (Å²) in [5.74, 6) is 0.585. The van der Waals surface area contributed by atoms with Crippen LogP contribution in [-0.4, -0.2) is 15.6 Å². The second kappa shape index (κ2) is 8.93. The van der Waals surface area contributed by atoms with Crippen LogP contribution in [0.25, 0.3) is 6.08 Å². The highest BCUT2D eigenvalue weighted by atomic mass is 79.9. The summed E-state index contributed by atoms with van der Waals surface area (Å²) in [6.45, 7) is 0. The monoisotopic (exact) mass is 456 g/mol. The number of halogens is 1. The minimum atomic E-state index is -0.705. The average molecular weight is 457 g/mol. The Morgan fingerprint density at radius 3 is 2.41 bits per heavy atom. The van der Waals surface area contributed by atoms with Gasteiger partial charge in [0, 0.05) is 11.6 Å². The first kappa shape index (κ1) is 20.0. The Morgan fingerprint density at radius 1 is 1.03 bits per heavy atom. The predicted octanol–water partition coefficient (Wildman–Crippen LogP) is 5.39. The molecule has 146 valence electrons. The third-order valence-corrected chi connectivity index (χ3v) is 4.18. The van der Waals surface area contributed by atoms with Crippen molar-refractivity contribution in [3.05, 3.63) is 103 Å². The van der Waals surface area contributed by atoms with Crippen molar-refractivity contribution in [2.24, 2.45) is 5.10 Å². The number of allylic oxidation sites excluding steroid dienone is 1. The summed E-state index contributed by atoms with van der Waals surface area (Å²) in [7, 11) is 0. The van der Waals surface area contributed by atoms with E-state index < -0.39 is 15.5 Å². The number of hydrogen-bond donors (Lipinski definition) is 1. The van der Waals surface area contributed by atoms with Crippen molar-refractivity contribution in [2.75, 3.05) is 5.43 Å². The summed E-state index contributed by atoms with van der Waals surface area (Å²) in [5.41, 5.74) is 3.07. The Bertz CT molecular complexity index is 1110. The van der Waals surface area contributed by atoms with Gasteiger partial charge in [-0.3, -0.25) is 25.7 Å². The smallest absolute Gasteiger partial charge is 0.301 e. The summed E-state index contributed by atoms with van der Waals surface area (Å²) in [4.78, 5) is 20.8. The molecule has 3 aromatic rings.